The summed E-state index contributed by atoms with van der Waals surface area (Å²) in [6.07, 6.45) is 0.879. The number of pyridine rings is 1. The molecule has 3 rings (SSSR count). The van der Waals surface area contributed by atoms with Crippen LogP contribution in [0.3, 0.4) is 0 Å². The highest BCUT2D eigenvalue weighted by molar-refractivity contribution is 6.05. The monoisotopic (exact) mass is 306 g/mol. The number of carbonyl (C=O) groups is 1. The summed E-state index contributed by atoms with van der Waals surface area (Å²) >= 11 is 0. The van der Waals surface area contributed by atoms with Gasteiger partial charge in [0.2, 0.25) is 0 Å². The van der Waals surface area contributed by atoms with E-state index >= 15 is 0 Å². The number of rotatable bonds is 4. The topological polar surface area (TPSA) is 62.2 Å². The molecule has 1 atom stereocenters. The molecule has 1 heterocycles. The zero-order valence-electron chi connectivity index (χ0n) is 12.9. The van der Waals surface area contributed by atoms with Gasteiger partial charge in [-0.05, 0) is 29.5 Å². The molecule has 0 aliphatic rings. The van der Waals surface area contributed by atoms with Crippen LogP contribution in [-0.4, -0.2) is 22.5 Å². The number of hydrogen-bond acceptors (Lipinski definition) is 3. The fourth-order valence-electron chi connectivity index (χ4n) is 2.64. The number of hydrogen-bond donors (Lipinski definition) is 2. The van der Waals surface area contributed by atoms with E-state index in [9.17, 15) is 9.90 Å². The number of aromatic nitrogens is 1. The molecule has 4 nitrogen and oxygen atoms in total. The van der Waals surface area contributed by atoms with E-state index in [0.29, 0.717) is 5.69 Å². The lowest BCUT2D eigenvalue weighted by Gasteiger charge is -2.14. The van der Waals surface area contributed by atoms with E-state index in [-0.39, 0.29) is 12.5 Å². The SMILES string of the molecule is Cc1ccccc1C(O)CNC(=O)c1nccc2ccccc12. The largest absolute Gasteiger partial charge is 0.387 e. The summed E-state index contributed by atoms with van der Waals surface area (Å²) < 4.78 is 0. The van der Waals surface area contributed by atoms with Gasteiger partial charge in [0.05, 0.1) is 6.10 Å². The first kappa shape index (κ1) is 15.2. The molecule has 0 aliphatic heterocycles. The van der Waals surface area contributed by atoms with Crippen LogP contribution in [0.5, 0.6) is 0 Å². The molecule has 2 aromatic carbocycles. The fourth-order valence-corrected chi connectivity index (χ4v) is 2.64. The van der Waals surface area contributed by atoms with E-state index in [1.54, 1.807) is 6.20 Å². The lowest BCUT2D eigenvalue weighted by Crippen LogP contribution is -2.29. The van der Waals surface area contributed by atoms with Crippen LogP contribution in [-0.2, 0) is 0 Å². The van der Waals surface area contributed by atoms with Gasteiger partial charge in [-0.2, -0.15) is 0 Å². The Bertz CT molecular complexity index is 840. The molecule has 1 aromatic heterocycles. The van der Waals surface area contributed by atoms with Gasteiger partial charge in [0.1, 0.15) is 5.69 Å². The molecule has 0 saturated heterocycles. The summed E-state index contributed by atoms with van der Waals surface area (Å²) in [6.45, 7) is 2.08. The molecule has 0 radical (unpaired) electrons. The summed E-state index contributed by atoms with van der Waals surface area (Å²) in [7, 11) is 0. The Morgan fingerprint density at radius 2 is 1.87 bits per heavy atom. The Hall–Kier alpha value is -2.72. The van der Waals surface area contributed by atoms with Crippen molar-refractivity contribution in [2.45, 2.75) is 13.0 Å². The minimum absolute atomic E-state index is 0.147. The summed E-state index contributed by atoms with van der Waals surface area (Å²) in [4.78, 5) is 16.6. The van der Waals surface area contributed by atoms with Crippen LogP contribution in [0.15, 0.2) is 60.8 Å². The second-order valence-electron chi connectivity index (χ2n) is 5.46. The van der Waals surface area contributed by atoms with Gasteiger partial charge in [0.25, 0.3) is 5.91 Å². The van der Waals surface area contributed by atoms with Crippen molar-refractivity contribution in [2.75, 3.05) is 6.54 Å². The quantitative estimate of drug-likeness (QED) is 0.779. The molecule has 4 heteroatoms. The maximum absolute atomic E-state index is 12.4. The number of fused-ring (bicyclic) bond motifs is 1. The molecule has 0 fully saturated rings. The Kier molecular flexibility index (Phi) is 4.35. The van der Waals surface area contributed by atoms with Gasteiger partial charge in [0.15, 0.2) is 0 Å². The van der Waals surface area contributed by atoms with Gasteiger partial charge in [-0.1, -0.05) is 48.5 Å². The van der Waals surface area contributed by atoms with Crippen LogP contribution >= 0.6 is 0 Å². The standard InChI is InChI=1S/C19H18N2O2/c1-13-6-2-4-8-15(13)17(22)12-21-19(23)18-16-9-5-3-7-14(16)10-11-20-18/h2-11,17,22H,12H2,1H3,(H,21,23). The maximum Gasteiger partial charge on any atom is 0.270 e. The van der Waals surface area contributed by atoms with Crippen LogP contribution in [0.25, 0.3) is 10.8 Å². The fraction of sp³-hybridized carbons (Fsp3) is 0.158. The van der Waals surface area contributed by atoms with E-state index in [1.165, 1.54) is 0 Å². The summed E-state index contributed by atoms with van der Waals surface area (Å²) in [5.74, 6) is -0.283. The first-order valence-corrected chi connectivity index (χ1v) is 7.52. The van der Waals surface area contributed by atoms with Crippen molar-refractivity contribution in [2.24, 2.45) is 0 Å². The van der Waals surface area contributed by atoms with Crippen LogP contribution < -0.4 is 5.32 Å². The van der Waals surface area contributed by atoms with E-state index in [4.69, 9.17) is 0 Å². The third-order valence-electron chi connectivity index (χ3n) is 3.89. The number of amides is 1. The predicted octanol–water partition coefficient (Wildman–Crippen LogP) is 3.01. The minimum atomic E-state index is -0.741. The Labute approximate surface area is 134 Å². The molecular weight excluding hydrogens is 288 g/mol. The number of nitrogens with zero attached hydrogens (tertiary/aromatic N) is 1. The lowest BCUT2D eigenvalue weighted by molar-refractivity contribution is 0.0913. The first-order chi connectivity index (χ1) is 11.2. The van der Waals surface area contributed by atoms with Gasteiger partial charge >= 0.3 is 0 Å². The average Bonchev–Trinajstić information content (AvgIpc) is 2.59. The highest BCUT2D eigenvalue weighted by Crippen LogP contribution is 2.18. The van der Waals surface area contributed by atoms with E-state index in [2.05, 4.69) is 10.3 Å². The molecule has 3 aromatic rings. The van der Waals surface area contributed by atoms with Crippen molar-refractivity contribution in [1.82, 2.24) is 10.3 Å². The van der Waals surface area contributed by atoms with Crippen LogP contribution in [0.1, 0.15) is 27.7 Å². The van der Waals surface area contributed by atoms with E-state index < -0.39 is 6.10 Å². The summed E-state index contributed by atoms with van der Waals surface area (Å²) in [5.41, 5.74) is 2.19. The zero-order valence-corrected chi connectivity index (χ0v) is 12.9. The van der Waals surface area contributed by atoms with Gasteiger partial charge < -0.3 is 10.4 Å². The summed E-state index contributed by atoms with van der Waals surface area (Å²) in [6, 6.07) is 17.1. The molecule has 0 aliphatic carbocycles. The molecular formula is C19H18N2O2. The van der Waals surface area contributed by atoms with Crippen LogP contribution in [0.4, 0.5) is 0 Å². The Balaban J connectivity index is 1.75. The molecule has 23 heavy (non-hydrogen) atoms. The molecule has 2 N–H and O–H groups in total. The molecule has 0 saturated carbocycles. The van der Waals surface area contributed by atoms with Crippen molar-refractivity contribution in [3.63, 3.8) is 0 Å². The van der Waals surface area contributed by atoms with Crippen molar-refractivity contribution in [1.29, 1.82) is 0 Å². The molecule has 116 valence electrons. The zero-order chi connectivity index (χ0) is 16.2. The number of benzene rings is 2. The number of nitrogens with one attached hydrogen (secondary N) is 1. The third kappa shape index (κ3) is 3.22. The smallest absolute Gasteiger partial charge is 0.270 e. The average molecular weight is 306 g/mol. The van der Waals surface area contributed by atoms with Crippen LogP contribution in [0, 0.1) is 6.92 Å². The highest BCUT2D eigenvalue weighted by Gasteiger charge is 2.15. The normalized spacial score (nSPS) is 12.1. The molecule has 1 unspecified atom stereocenters. The Morgan fingerprint density at radius 3 is 2.70 bits per heavy atom. The lowest BCUT2D eigenvalue weighted by atomic mass is 10.0. The minimum Gasteiger partial charge on any atom is -0.387 e. The predicted molar refractivity (Wildman–Crippen MR) is 90.2 cm³/mol. The van der Waals surface area contributed by atoms with Crippen molar-refractivity contribution < 1.29 is 9.90 Å². The van der Waals surface area contributed by atoms with Gasteiger partial charge in [-0.15, -0.1) is 0 Å². The van der Waals surface area contributed by atoms with Gasteiger partial charge in [0, 0.05) is 18.1 Å². The van der Waals surface area contributed by atoms with Gasteiger partial charge in [-0.25, -0.2) is 0 Å². The van der Waals surface area contributed by atoms with Crippen molar-refractivity contribution in [3.8, 4) is 0 Å². The van der Waals surface area contributed by atoms with Crippen LogP contribution in [0.2, 0.25) is 0 Å². The van der Waals surface area contributed by atoms with E-state index in [0.717, 1.165) is 21.9 Å². The third-order valence-corrected chi connectivity index (χ3v) is 3.89. The second kappa shape index (κ2) is 6.58. The van der Waals surface area contributed by atoms with E-state index in [1.807, 2.05) is 61.5 Å². The highest BCUT2D eigenvalue weighted by atomic mass is 16.3. The number of carbonyl (C=O) groups excluding carboxylic acids is 1. The van der Waals surface area contributed by atoms with Gasteiger partial charge in [-0.3, -0.25) is 9.78 Å². The Morgan fingerprint density at radius 1 is 1.13 bits per heavy atom. The molecule has 0 spiro atoms. The number of aliphatic hydroxyl groups excluding tert-OH is 1. The number of aryl methyl sites for hydroxylation is 1. The second-order valence-corrected chi connectivity index (χ2v) is 5.46. The van der Waals surface area contributed by atoms with Crippen molar-refractivity contribution >= 4 is 16.7 Å². The molecule has 0 bridgehead atoms. The number of aliphatic hydroxyl groups is 1. The summed E-state index contributed by atoms with van der Waals surface area (Å²) in [5, 5.41) is 14.8. The van der Waals surface area contributed by atoms with Crippen molar-refractivity contribution in [3.05, 3.63) is 77.6 Å². The maximum atomic E-state index is 12.4. The molecule has 1 amide bonds. The first-order valence-electron chi connectivity index (χ1n) is 7.52.